The van der Waals surface area contributed by atoms with Crippen LogP contribution in [0.4, 0.5) is 0 Å². The molecule has 21 heavy (non-hydrogen) atoms. The average Bonchev–Trinajstić information content (AvgIpc) is 2.75. The molecule has 0 radical (unpaired) electrons. The Morgan fingerprint density at radius 1 is 1.33 bits per heavy atom. The molecule has 0 unspecified atom stereocenters. The molecule has 1 fully saturated rings. The molecule has 0 atom stereocenters. The highest BCUT2D eigenvalue weighted by molar-refractivity contribution is 6.31. The van der Waals surface area contributed by atoms with Crippen LogP contribution in [0.3, 0.4) is 0 Å². The van der Waals surface area contributed by atoms with Crippen LogP contribution in [0.2, 0.25) is 5.02 Å². The van der Waals surface area contributed by atoms with E-state index in [9.17, 15) is 9.59 Å². The molecule has 6 heteroatoms. The zero-order valence-corrected chi connectivity index (χ0v) is 12.4. The van der Waals surface area contributed by atoms with Crippen LogP contribution in [0.5, 0.6) is 0 Å². The number of benzene rings is 1. The zero-order chi connectivity index (χ0) is 14.8. The molecular formula is C15H17ClN2O3. The van der Waals surface area contributed by atoms with Gasteiger partial charge in [-0.25, -0.2) is 4.79 Å². The van der Waals surface area contributed by atoms with E-state index < -0.39 is 5.76 Å². The van der Waals surface area contributed by atoms with Gasteiger partial charge in [0.25, 0.3) is 0 Å². The molecule has 1 aliphatic rings. The summed E-state index contributed by atoms with van der Waals surface area (Å²) in [5.74, 6) is -0.687. The van der Waals surface area contributed by atoms with Crippen LogP contribution in [0.15, 0.2) is 27.4 Å². The van der Waals surface area contributed by atoms with E-state index >= 15 is 0 Å². The lowest BCUT2D eigenvalue weighted by molar-refractivity contribution is -0.122. The highest BCUT2D eigenvalue weighted by Gasteiger charge is 2.18. The fourth-order valence-corrected chi connectivity index (χ4v) is 3.02. The molecular weight excluding hydrogens is 292 g/mol. The Kier molecular flexibility index (Phi) is 4.01. The van der Waals surface area contributed by atoms with Gasteiger partial charge in [-0.15, -0.1) is 0 Å². The van der Waals surface area contributed by atoms with E-state index in [2.05, 4.69) is 5.32 Å². The van der Waals surface area contributed by atoms with Crippen molar-refractivity contribution in [2.45, 2.75) is 44.7 Å². The third-order valence-corrected chi connectivity index (χ3v) is 4.14. The Balaban J connectivity index is 1.76. The van der Waals surface area contributed by atoms with Gasteiger partial charge in [0.2, 0.25) is 5.91 Å². The fraction of sp³-hybridized carbons (Fsp3) is 0.467. The van der Waals surface area contributed by atoms with E-state index in [1.54, 1.807) is 18.2 Å². The molecule has 2 aromatic rings. The quantitative estimate of drug-likeness (QED) is 0.948. The van der Waals surface area contributed by atoms with E-state index in [1.807, 2.05) is 0 Å². The summed E-state index contributed by atoms with van der Waals surface area (Å²) in [4.78, 5) is 24.0. The van der Waals surface area contributed by atoms with Crippen LogP contribution >= 0.6 is 11.6 Å². The summed E-state index contributed by atoms with van der Waals surface area (Å²) < 4.78 is 6.45. The van der Waals surface area contributed by atoms with Gasteiger partial charge >= 0.3 is 5.76 Å². The number of halogens is 1. The number of nitrogens with zero attached hydrogens (tertiary/aromatic N) is 1. The zero-order valence-electron chi connectivity index (χ0n) is 11.6. The topological polar surface area (TPSA) is 64.2 Å². The summed E-state index contributed by atoms with van der Waals surface area (Å²) in [5.41, 5.74) is 0.987. The minimum absolute atomic E-state index is 0.0238. The van der Waals surface area contributed by atoms with Crippen molar-refractivity contribution in [3.8, 4) is 0 Å². The molecule has 0 saturated heterocycles. The standard InChI is InChI=1S/C15H17ClN2O3/c16-10-6-7-12-13(8-10)21-15(20)18(12)9-14(19)17-11-4-2-1-3-5-11/h6-8,11H,1-5,9H2,(H,17,19). The van der Waals surface area contributed by atoms with Crippen molar-refractivity contribution >= 4 is 28.6 Å². The molecule has 0 aliphatic heterocycles. The van der Waals surface area contributed by atoms with Crippen LogP contribution in [-0.4, -0.2) is 16.5 Å². The first-order chi connectivity index (χ1) is 10.1. The Morgan fingerprint density at radius 2 is 2.10 bits per heavy atom. The molecule has 1 aromatic heterocycles. The van der Waals surface area contributed by atoms with E-state index in [1.165, 1.54) is 11.0 Å². The van der Waals surface area contributed by atoms with Crippen molar-refractivity contribution in [3.05, 3.63) is 33.8 Å². The van der Waals surface area contributed by atoms with Crippen molar-refractivity contribution in [1.82, 2.24) is 9.88 Å². The number of hydrogen-bond donors (Lipinski definition) is 1. The monoisotopic (exact) mass is 308 g/mol. The first-order valence-corrected chi connectivity index (χ1v) is 7.59. The van der Waals surface area contributed by atoms with Crippen LogP contribution in [0, 0.1) is 0 Å². The van der Waals surface area contributed by atoms with Gasteiger partial charge in [-0.3, -0.25) is 9.36 Å². The van der Waals surface area contributed by atoms with Crippen molar-refractivity contribution in [3.63, 3.8) is 0 Å². The average molecular weight is 309 g/mol. The molecule has 1 saturated carbocycles. The number of rotatable bonds is 3. The normalized spacial score (nSPS) is 16.2. The molecule has 112 valence electrons. The Labute approximate surface area is 126 Å². The lowest BCUT2D eigenvalue weighted by atomic mass is 9.95. The summed E-state index contributed by atoms with van der Waals surface area (Å²) in [5, 5.41) is 3.49. The summed E-state index contributed by atoms with van der Waals surface area (Å²) in [6.45, 7) is -0.0238. The number of fused-ring (bicyclic) bond motifs is 1. The molecule has 0 bridgehead atoms. The van der Waals surface area contributed by atoms with Crippen molar-refractivity contribution < 1.29 is 9.21 Å². The number of amides is 1. The first kappa shape index (κ1) is 14.2. The lowest BCUT2D eigenvalue weighted by Gasteiger charge is -2.22. The SMILES string of the molecule is O=C(Cn1c(=O)oc2cc(Cl)ccc21)NC1CCCCC1. The smallest absolute Gasteiger partial charge is 0.408 e. The Hall–Kier alpha value is -1.75. The van der Waals surface area contributed by atoms with Gasteiger partial charge in [0.1, 0.15) is 6.54 Å². The highest BCUT2D eigenvalue weighted by atomic mass is 35.5. The Bertz CT molecular complexity index is 713. The van der Waals surface area contributed by atoms with Gasteiger partial charge in [-0.2, -0.15) is 0 Å². The second-order valence-electron chi connectivity index (χ2n) is 5.47. The van der Waals surface area contributed by atoms with Crippen molar-refractivity contribution in [2.75, 3.05) is 0 Å². The predicted octanol–water partition coefficient (Wildman–Crippen LogP) is 2.70. The number of nitrogens with one attached hydrogen (secondary N) is 1. The maximum absolute atomic E-state index is 12.1. The summed E-state index contributed by atoms with van der Waals surface area (Å²) in [7, 11) is 0. The van der Waals surface area contributed by atoms with Crippen LogP contribution in [-0.2, 0) is 11.3 Å². The second-order valence-corrected chi connectivity index (χ2v) is 5.91. The first-order valence-electron chi connectivity index (χ1n) is 7.22. The van der Waals surface area contributed by atoms with E-state index in [4.69, 9.17) is 16.0 Å². The molecule has 5 nitrogen and oxygen atoms in total. The molecule has 1 heterocycles. The van der Waals surface area contributed by atoms with Gasteiger partial charge in [0.05, 0.1) is 5.52 Å². The lowest BCUT2D eigenvalue weighted by Crippen LogP contribution is -2.39. The maximum atomic E-state index is 12.1. The summed E-state index contributed by atoms with van der Waals surface area (Å²) >= 11 is 5.86. The van der Waals surface area contributed by atoms with E-state index in [-0.39, 0.29) is 18.5 Å². The second kappa shape index (κ2) is 5.93. The molecule has 1 N–H and O–H groups in total. The molecule has 3 rings (SSSR count). The number of carbonyl (C=O) groups excluding carboxylic acids is 1. The molecule has 1 aliphatic carbocycles. The Morgan fingerprint density at radius 3 is 2.86 bits per heavy atom. The van der Waals surface area contributed by atoms with E-state index in [0.717, 1.165) is 25.7 Å². The third kappa shape index (κ3) is 3.13. The van der Waals surface area contributed by atoms with Gasteiger partial charge < -0.3 is 9.73 Å². The summed E-state index contributed by atoms with van der Waals surface area (Å²) in [6.07, 6.45) is 5.57. The number of carbonyl (C=O) groups is 1. The predicted molar refractivity (Wildman–Crippen MR) is 80.5 cm³/mol. The third-order valence-electron chi connectivity index (χ3n) is 3.90. The molecule has 0 spiro atoms. The van der Waals surface area contributed by atoms with Gasteiger partial charge in [0, 0.05) is 17.1 Å². The minimum atomic E-state index is -0.536. The maximum Gasteiger partial charge on any atom is 0.420 e. The number of hydrogen-bond acceptors (Lipinski definition) is 3. The van der Waals surface area contributed by atoms with Crippen molar-refractivity contribution in [2.24, 2.45) is 0 Å². The summed E-state index contributed by atoms with van der Waals surface area (Å²) in [6, 6.07) is 5.17. The van der Waals surface area contributed by atoms with Crippen LogP contribution in [0.1, 0.15) is 32.1 Å². The minimum Gasteiger partial charge on any atom is -0.408 e. The number of aromatic nitrogens is 1. The fourth-order valence-electron chi connectivity index (χ4n) is 2.85. The highest BCUT2D eigenvalue weighted by Crippen LogP contribution is 2.19. The van der Waals surface area contributed by atoms with Crippen LogP contribution in [0.25, 0.3) is 11.1 Å². The molecule has 1 aromatic carbocycles. The number of oxazole rings is 1. The van der Waals surface area contributed by atoms with Gasteiger partial charge in [-0.05, 0) is 25.0 Å². The molecule has 1 amide bonds. The largest absolute Gasteiger partial charge is 0.420 e. The van der Waals surface area contributed by atoms with Crippen molar-refractivity contribution in [1.29, 1.82) is 0 Å². The van der Waals surface area contributed by atoms with Gasteiger partial charge in [-0.1, -0.05) is 30.9 Å². The van der Waals surface area contributed by atoms with Gasteiger partial charge in [0.15, 0.2) is 5.58 Å². The van der Waals surface area contributed by atoms with Crippen LogP contribution < -0.4 is 11.1 Å². The van der Waals surface area contributed by atoms with E-state index in [0.29, 0.717) is 16.1 Å².